The second-order valence-corrected chi connectivity index (χ2v) is 17.2. The van der Waals surface area contributed by atoms with Gasteiger partial charge in [0.15, 0.2) is 0 Å². The summed E-state index contributed by atoms with van der Waals surface area (Å²) < 4.78 is 0. The minimum absolute atomic E-state index is 0.00507. The molecule has 0 spiro atoms. The largest absolute Gasteiger partial charge is 0.311 e. The molecule has 0 saturated carbocycles. The van der Waals surface area contributed by atoms with E-state index in [2.05, 4.69) is 248 Å². The number of aryl methyl sites for hydroxylation is 3. The lowest BCUT2D eigenvalue weighted by molar-refractivity contribution is 1.22. The Hall–Kier alpha value is -7.82. The Morgan fingerprint density at radius 1 is 0.349 bits per heavy atom. The SMILES string of the molecule is Cc1ccc(N2c3ccc(C)cc3B3c4cc(C)ccc4N(c4ccccc4-c4ccccc4)c4cc(N(c5ccc6ccccc6c5)c5ccc6ccccc6c5)cc2c43)cc1. The molecule has 0 bridgehead atoms. The van der Waals surface area contributed by atoms with Crippen LogP contribution in [0, 0.1) is 20.8 Å². The Labute approximate surface area is 369 Å². The monoisotopic (exact) mass is 805 g/mol. The normalized spacial score (nSPS) is 12.6. The molecule has 2 aliphatic rings. The Morgan fingerprint density at radius 2 is 0.857 bits per heavy atom. The van der Waals surface area contributed by atoms with Gasteiger partial charge in [-0.25, -0.2) is 0 Å². The maximum atomic E-state index is 2.56. The molecular weight excluding hydrogens is 761 g/mol. The van der Waals surface area contributed by atoms with Gasteiger partial charge in [0.1, 0.15) is 0 Å². The van der Waals surface area contributed by atoms with Crippen LogP contribution in [0.1, 0.15) is 16.7 Å². The highest BCUT2D eigenvalue weighted by molar-refractivity contribution is 7.00. The first-order valence-electron chi connectivity index (χ1n) is 21.9. The van der Waals surface area contributed by atoms with E-state index < -0.39 is 0 Å². The van der Waals surface area contributed by atoms with Crippen molar-refractivity contribution in [2.45, 2.75) is 20.8 Å². The zero-order valence-corrected chi connectivity index (χ0v) is 35.6. The quantitative estimate of drug-likeness (QED) is 0.155. The van der Waals surface area contributed by atoms with E-state index in [9.17, 15) is 0 Å². The number of rotatable bonds is 6. The van der Waals surface area contributed by atoms with Crippen LogP contribution >= 0.6 is 0 Å². The van der Waals surface area contributed by atoms with E-state index in [4.69, 9.17) is 0 Å². The number of hydrogen-bond acceptors (Lipinski definition) is 3. The van der Waals surface area contributed by atoms with E-state index in [1.54, 1.807) is 0 Å². The highest BCUT2D eigenvalue weighted by Crippen LogP contribution is 2.50. The van der Waals surface area contributed by atoms with Crippen molar-refractivity contribution in [2.24, 2.45) is 0 Å². The fourth-order valence-corrected chi connectivity index (χ4v) is 10.2. The van der Waals surface area contributed by atoms with E-state index in [-0.39, 0.29) is 6.71 Å². The molecule has 0 aromatic heterocycles. The fraction of sp³-hybridized carbons (Fsp3) is 0.0508. The van der Waals surface area contributed by atoms with E-state index in [1.807, 2.05) is 0 Å². The van der Waals surface area contributed by atoms with Gasteiger partial charge in [0.2, 0.25) is 0 Å². The van der Waals surface area contributed by atoms with Crippen LogP contribution < -0.4 is 31.1 Å². The van der Waals surface area contributed by atoms with Crippen LogP contribution in [0.5, 0.6) is 0 Å². The first-order valence-corrected chi connectivity index (χ1v) is 21.9. The second kappa shape index (κ2) is 14.7. The number of nitrogens with zero attached hydrogens (tertiary/aromatic N) is 3. The van der Waals surface area contributed by atoms with Crippen LogP contribution in [-0.2, 0) is 0 Å². The molecule has 0 fully saturated rings. The molecule has 0 atom stereocenters. The lowest BCUT2D eigenvalue weighted by Crippen LogP contribution is -2.61. The number of fused-ring (bicyclic) bond motifs is 6. The van der Waals surface area contributed by atoms with Gasteiger partial charge in [0.05, 0.1) is 11.4 Å². The summed E-state index contributed by atoms with van der Waals surface area (Å²) in [5, 5.41) is 4.84. The van der Waals surface area contributed by atoms with Gasteiger partial charge < -0.3 is 14.7 Å². The Morgan fingerprint density at radius 3 is 1.48 bits per heavy atom. The minimum Gasteiger partial charge on any atom is -0.311 e. The minimum atomic E-state index is 0.00507. The molecule has 2 aliphatic heterocycles. The number of hydrogen-bond donors (Lipinski definition) is 0. The lowest BCUT2D eigenvalue weighted by atomic mass is 9.33. The molecule has 298 valence electrons. The zero-order valence-electron chi connectivity index (χ0n) is 35.6. The summed E-state index contributed by atoms with van der Waals surface area (Å²) in [5.41, 5.74) is 20.4. The first-order chi connectivity index (χ1) is 31.0. The van der Waals surface area contributed by atoms with E-state index >= 15 is 0 Å². The molecular formula is C59H44BN3. The zero-order chi connectivity index (χ0) is 42.2. The van der Waals surface area contributed by atoms with Crippen molar-refractivity contribution in [1.82, 2.24) is 0 Å². The van der Waals surface area contributed by atoms with Gasteiger partial charge >= 0.3 is 0 Å². The van der Waals surface area contributed by atoms with Crippen molar-refractivity contribution in [3.63, 3.8) is 0 Å². The fourth-order valence-electron chi connectivity index (χ4n) is 10.2. The van der Waals surface area contributed by atoms with E-state index in [0.29, 0.717) is 0 Å². The predicted molar refractivity (Wildman–Crippen MR) is 270 cm³/mol. The molecule has 63 heavy (non-hydrogen) atoms. The molecule has 10 aromatic rings. The lowest BCUT2D eigenvalue weighted by Gasteiger charge is -2.45. The van der Waals surface area contributed by atoms with Crippen LogP contribution in [0.15, 0.2) is 212 Å². The summed E-state index contributed by atoms with van der Waals surface area (Å²) in [7, 11) is 0. The standard InChI is InChI=1S/C59H44BN3/c1-39-21-27-47(28-22-39)62-55-31-23-40(2)33-52(55)60-53-34-41(3)24-32-56(53)63(54-20-12-11-19-51(54)44-15-5-4-6-16-44)58-38-50(37-57(62)59(58)60)61(48-29-25-42-13-7-9-17-45(42)35-48)49-30-26-43-14-8-10-18-46(43)36-49/h4-38H,1-3H3. The van der Waals surface area contributed by atoms with Crippen LogP contribution in [0.4, 0.5) is 51.2 Å². The maximum absolute atomic E-state index is 2.56. The topological polar surface area (TPSA) is 9.72 Å². The third-order valence-electron chi connectivity index (χ3n) is 13.1. The molecule has 10 aromatic carbocycles. The molecule has 0 aliphatic carbocycles. The van der Waals surface area contributed by atoms with Gasteiger partial charge in [0.25, 0.3) is 6.71 Å². The van der Waals surface area contributed by atoms with E-state index in [0.717, 1.165) is 28.4 Å². The van der Waals surface area contributed by atoms with Gasteiger partial charge in [-0.3, -0.25) is 0 Å². The van der Waals surface area contributed by atoms with Crippen molar-refractivity contribution in [3.05, 3.63) is 229 Å². The van der Waals surface area contributed by atoms with Gasteiger partial charge in [-0.15, -0.1) is 0 Å². The average molecular weight is 806 g/mol. The van der Waals surface area contributed by atoms with E-state index in [1.165, 1.54) is 88.5 Å². The van der Waals surface area contributed by atoms with Crippen molar-refractivity contribution in [1.29, 1.82) is 0 Å². The molecule has 3 nitrogen and oxygen atoms in total. The summed E-state index contributed by atoms with van der Waals surface area (Å²) in [6, 6.07) is 79.0. The van der Waals surface area contributed by atoms with Crippen LogP contribution in [0.25, 0.3) is 32.7 Å². The number of para-hydroxylation sites is 1. The highest BCUT2D eigenvalue weighted by atomic mass is 15.2. The van der Waals surface area contributed by atoms with Crippen LogP contribution in [-0.4, -0.2) is 6.71 Å². The summed E-state index contributed by atoms with van der Waals surface area (Å²) in [6.45, 7) is 6.63. The molecule has 0 saturated heterocycles. The third-order valence-corrected chi connectivity index (χ3v) is 13.1. The molecule has 0 N–H and O–H groups in total. The number of anilines is 9. The third kappa shape index (κ3) is 6.13. The molecule has 12 rings (SSSR count). The van der Waals surface area contributed by atoms with Crippen molar-refractivity contribution >= 4 is 95.8 Å². The second-order valence-electron chi connectivity index (χ2n) is 17.2. The van der Waals surface area contributed by atoms with Gasteiger partial charge in [-0.1, -0.05) is 162 Å². The summed E-state index contributed by atoms with van der Waals surface area (Å²) in [6.07, 6.45) is 0. The summed E-state index contributed by atoms with van der Waals surface area (Å²) in [5.74, 6) is 0. The average Bonchev–Trinajstić information content (AvgIpc) is 3.32. The van der Waals surface area contributed by atoms with Gasteiger partial charge in [0, 0.05) is 45.4 Å². The molecule has 0 radical (unpaired) electrons. The van der Waals surface area contributed by atoms with Crippen LogP contribution in [0.3, 0.4) is 0 Å². The first kappa shape index (κ1) is 37.0. The molecule has 0 amide bonds. The highest BCUT2D eigenvalue weighted by Gasteiger charge is 2.44. The van der Waals surface area contributed by atoms with Crippen molar-refractivity contribution in [3.8, 4) is 11.1 Å². The summed E-state index contributed by atoms with van der Waals surface area (Å²) in [4.78, 5) is 7.55. The van der Waals surface area contributed by atoms with Crippen molar-refractivity contribution < 1.29 is 0 Å². The van der Waals surface area contributed by atoms with Gasteiger partial charge in [-0.2, -0.15) is 0 Å². The van der Waals surface area contributed by atoms with Gasteiger partial charge in [-0.05, 0) is 131 Å². The number of benzene rings is 10. The molecule has 0 unspecified atom stereocenters. The van der Waals surface area contributed by atoms with Crippen molar-refractivity contribution in [2.75, 3.05) is 14.7 Å². The Kier molecular flexibility index (Phi) is 8.62. The Balaban J connectivity index is 1.22. The predicted octanol–water partition coefficient (Wildman–Crippen LogP) is 14.1. The Bertz CT molecular complexity index is 3330. The van der Waals surface area contributed by atoms with Crippen LogP contribution in [0.2, 0.25) is 0 Å². The smallest absolute Gasteiger partial charge is 0.252 e. The summed E-state index contributed by atoms with van der Waals surface area (Å²) >= 11 is 0. The molecule has 2 heterocycles. The maximum Gasteiger partial charge on any atom is 0.252 e. The molecule has 4 heteroatoms.